The number of aryl methyl sites for hydroxylation is 2. The van der Waals surface area contributed by atoms with Crippen LogP contribution in [0.15, 0.2) is 18.2 Å². The van der Waals surface area contributed by atoms with E-state index in [2.05, 4.69) is 10.3 Å². The Hall–Kier alpha value is -2.30. The van der Waals surface area contributed by atoms with E-state index in [4.69, 9.17) is 5.11 Å². The van der Waals surface area contributed by atoms with Crippen LogP contribution in [0.3, 0.4) is 0 Å². The van der Waals surface area contributed by atoms with Gasteiger partial charge in [-0.25, -0.2) is 0 Å². The Labute approximate surface area is 117 Å². The fourth-order valence-corrected chi connectivity index (χ4v) is 2.19. The molecule has 0 aliphatic rings. The number of carboxylic acids is 1. The second kappa shape index (κ2) is 5.36. The first-order chi connectivity index (χ1) is 9.38. The molecule has 5 heteroatoms. The highest BCUT2D eigenvalue weighted by atomic mass is 16.4. The van der Waals surface area contributed by atoms with Crippen LogP contribution in [0, 0.1) is 13.8 Å². The Kier molecular flexibility index (Phi) is 3.79. The van der Waals surface area contributed by atoms with Crippen LogP contribution in [0.2, 0.25) is 0 Å². The van der Waals surface area contributed by atoms with E-state index >= 15 is 0 Å². The lowest BCUT2D eigenvalue weighted by atomic mass is 10.1. The zero-order valence-corrected chi connectivity index (χ0v) is 11.8. The van der Waals surface area contributed by atoms with Gasteiger partial charge >= 0.3 is 5.97 Å². The molecule has 106 valence electrons. The summed E-state index contributed by atoms with van der Waals surface area (Å²) in [5.41, 5.74) is 3.66. The van der Waals surface area contributed by atoms with Crippen molar-refractivity contribution < 1.29 is 14.7 Å². The molecule has 2 aromatic rings. The summed E-state index contributed by atoms with van der Waals surface area (Å²) in [6.07, 6.45) is -0.0932. The summed E-state index contributed by atoms with van der Waals surface area (Å²) in [5.74, 6) is -1.21. The lowest BCUT2D eigenvalue weighted by Crippen LogP contribution is -2.34. The standard InChI is InChI=1S/C15H18N2O3/c1-8-4-5-12-11(10(8)3)7-13(17-12)15(20)16-9(2)6-14(18)19/h4-5,7,9,17H,6H2,1-3H3,(H,16,20)(H,18,19). The minimum absolute atomic E-state index is 0.0932. The number of aromatic amines is 1. The number of aromatic nitrogens is 1. The van der Waals surface area contributed by atoms with Gasteiger partial charge in [0.2, 0.25) is 0 Å². The van der Waals surface area contributed by atoms with Crippen LogP contribution in [-0.4, -0.2) is 28.0 Å². The van der Waals surface area contributed by atoms with Crippen molar-refractivity contribution in [3.8, 4) is 0 Å². The molecule has 0 fully saturated rings. The van der Waals surface area contributed by atoms with Crippen molar-refractivity contribution in [3.63, 3.8) is 0 Å². The maximum Gasteiger partial charge on any atom is 0.305 e. The topological polar surface area (TPSA) is 82.2 Å². The third-order valence-corrected chi connectivity index (χ3v) is 3.45. The average Bonchev–Trinajstić information content (AvgIpc) is 2.77. The first kappa shape index (κ1) is 14.1. The highest BCUT2D eigenvalue weighted by molar-refractivity contribution is 5.99. The molecule has 0 saturated heterocycles. The molecule has 1 amide bonds. The number of H-pyrrole nitrogens is 1. The van der Waals surface area contributed by atoms with E-state index in [0.29, 0.717) is 5.69 Å². The molecule has 0 aliphatic carbocycles. The maximum absolute atomic E-state index is 12.1. The minimum Gasteiger partial charge on any atom is -0.481 e. The van der Waals surface area contributed by atoms with Crippen molar-refractivity contribution in [1.82, 2.24) is 10.3 Å². The van der Waals surface area contributed by atoms with E-state index in [1.54, 1.807) is 13.0 Å². The molecule has 5 nitrogen and oxygen atoms in total. The van der Waals surface area contributed by atoms with E-state index in [1.165, 1.54) is 5.56 Å². The lowest BCUT2D eigenvalue weighted by Gasteiger charge is -2.10. The van der Waals surface area contributed by atoms with Crippen LogP contribution in [0.5, 0.6) is 0 Å². The first-order valence-corrected chi connectivity index (χ1v) is 6.50. The second-order valence-electron chi connectivity index (χ2n) is 5.12. The molecule has 1 aromatic heterocycles. The third-order valence-electron chi connectivity index (χ3n) is 3.45. The summed E-state index contributed by atoms with van der Waals surface area (Å²) < 4.78 is 0. The van der Waals surface area contributed by atoms with E-state index in [1.807, 2.05) is 26.0 Å². The Morgan fingerprint density at radius 3 is 2.70 bits per heavy atom. The molecule has 20 heavy (non-hydrogen) atoms. The van der Waals surface area contributed by atoms with E-state index in [0.717, 1.165) is 16.5 Å². The van der Waals surface area contributed by atoms with Crippen molar-refractivity contribution >= 4 is 22.8 Å². The van der Waals surface area contributed by atoms with Crippen molar-refractivity contribution in [1.29, 1.82) is 0 Å². The summed E-state index contributed by atoms with van der Waals surface area (Å²) in [5, 5.41) is 12.4. The van der Waals surface area contributed by atoms with Gasteiger partial charge in [-0.15, -0.1) is 0 Å². The number of hydrogen-bond donors (Lipinski definition) is 3. The Balaban J connectivity index is 2.23. The summed E-state index contributed by atoms with van der Waals surface area (Å²) in [6, 6.07) is 5.34. The quantitative estimate of drug-likeness (QED) is 0.800. The van der Waals surface area contributed by atoms with Gasteiger partial charge in [-0.05, 0) is 44.0 Å². The zero-order chi connectivity index (χ0) is 14.9. The van der Waals surface area contributed by atoms with Gasteiger partial charge in [0.25, 0.3) is 5.91 Å². The molecular formula is C15H18N2O3. The molecular weight excluding hydrogens is 256 g/mol. The SMILES string of the molecule is Cc1ccc2[nH]c(C(=O)NC(C)CC(=O)O)cc2c1C. The van der Waals surface area contributed by atoms with E-state index in [9.17, 15) is 9.59 Å². The maximum atomic E-state index is 12.1. The first-order valence-electron chi connectivity index (χ1n) is 6.50. The number of benzene rings is 1. The monoisotopic (exact) mass is 274 g/mol. The summed E-state index contributed by atoms with van der Waals surface area (Å²) in [7, 11) is 0. The van der Waals surface area contributed by atoms with Gasteiger partial charge < -0.3 is 15.4 Å². The Bertz CT molecular complexity index is 673. The van der Waals surface area contributed by atoms with Crippen molar-refractivity contribution in [2.45, 2.75) is 33.2 Å². The number of carbonyl (C=O) groups excluding carboxylic acids is 1. The molecule has 0 aliphatic heterocycles. The second-order valence-corrected chi connectivity index (χ2v) is 5.12. The predicted molar refractivity (Wildman–Crippen MR) is 77.0 cm³/mol. The van der Waals surface area contributed by atoms with Gasteiger partial charge in [0.15, 0.2) is 0 Å². The number of hydrogen-bond acceptors (Lipinski definition) is 2. The van der Waals surface area contributed by atoms with Crippen LogP contribution in [-0.2, 0) is 4.79 Å². The molecule has 1 unspecified atom stereocenters. The Morgan fingerprint density at radius 1 is 1.35 bits per heavy atom. The average molecular weight is 274 g/mol. The number of nitrogens with one attached hydrogen (secondary N) is 2. The van der Waals surface area contributed by atoms with E-state index in [-0.39, 0.29) is 12.3 Å². The largest absolute Gasteiger partial charge is 0.481 e. The van der Waals surface area contributed by atoms with E-state index < -0.39 is 12.0 Å². The van der Waals surface area contributed by atoms with Gasteiger partial charge in [-0.1, -0.05) is 6.07 Å². The fraction of sp³-hybridized carbons (Fsp3) is 0.333. The highest BCUT2D eigenvalue weighted by Gasteiger charge is 2.15. The third kappa shape index (κ3) is 2.82. The molecule has 1 heterocycles. The fourth-order valence-electron chi connectivity index (χ4n) is 2.19. The number of carboxylic acid groups (broad SMARTS) is 1. The van der Waals surface area contributed by atoms with Crippen LogP contribution in [0.4, 0.5) is 0 Å². The summed E-state index contributed by atoms with van der Waals surface area (Å²) >= 11 is 0. The molecule has 0 saturated carbocycles. The van der Waals surface area contributed by atoms with Crippen LogP contribution < -0.4 is 5.32 Å². The number of amides is 1. The van der Waals surface area contributed by atoms with Crippen LogP contribution >= 0.6 is 0 Å². The van der Waals surface area contributed by atoms with Crippen molar-refractivity contribution in [3.05, 3.63) is 35.0 Å². The molecule has 0 spiro atoms. The van der Waals surface area contributed by atoms with Crippen molar-refractivity contribution in [2.24, 2.45) is 0 Å². The number of carbonyl (C=O) groups is 2. The molecule has 0 bridgehead atoms. The van der Waals surface area contributed by atoms with Crippen molar-refractivity contribution in [2.75, 3.05) is 0 Å². The highest BCUT2D eigenvalue weighted by Crippen LogP contribution is 2.22. The van der Waals surface area contributed by atoms with Crippen LogP contribution in [0.1, 0.15) is 35.0 Å². The number of fused-ring (bicyclic) bond motifs is 1. The predicted octanol–water partition coefficient (Wildman–Crippen LogP) is 2.38. The molecule has 2 rings (SSSR count). The molecule has 3 N–H and O–H groups in total. The van der Waals surface area contributed by atoms with Gasteiger partial charge in [-0.3, -0.25) is 9.59 Å². The van der Waals surface area contributed by atoms with Gasteiger partial charge in [0.05, 0.1) is 6.42 Å². The molecule has 1 aromatic carbocycles. The summed E-state index contributed by atoms with van der Waals surface area (Å²) in [4.78, 5) is 25.7. The number of aliphatic carboxylic acids is 1. The Morgan fingerprint density at radius 2 is 2.05 bits per heavy atom. The lowest BCUT2D eigenvalue weighted by molar-refractivity contribution is -0.137. The van der Waals surface area contributed by atoms with Crippen LogP contribution in [0.25, 0.3) is 10.9 Å². The van der Waals surface area contributed by atoms with Gasteiger partial charge in [0.1, 0.15) is 5.69 Å². The minimum atomic E-state index is -0.930. The van der Waals surface area contributed by atoms with Gasteiger partial charge in [-0.2, -0.15) is 0 Å². The normalized spacial score (nSPS) is 12.3. The zero-order valence-electron chi connectivity index (χ0n) is 11.8. The smallest absolute Gasteiger partial charge is 0.305 e. The number of rotatable bonds is 4. The molecule has 0 radical (unpaired) electrons. The molecule has 1 atom stereocenters. The van der Waals surface area contributed by atoms with Gasteiger partial charge in [0, 0.05) is 16.9 Å². The summed E-state index contributed by atoms with van der Waals surface area (Å²) in [6.45, 7) is 5.71.